The molecule has 1 aromatic heterocycles. The van der Waals surface area contributed by atoms with Gasteiger partial charge in [-0.3, -0.25) is 9.69 Å². The van der Waals surface area contributed by atoms with E-state index in [1.165, 1.54) is 29.2 Å². The quantitative estimate of drug-likeness (QED) is 0.732. The van der Waals surface area contributed by atoms with E-state index in [2.05, 4.69) is 20.4 Å². The van der Waals surface area contributed by atoms with Gasteiger partial charge in [0.05, 0.1) is 5.75 Å². The Kier molecular flexibility index (Phi) is 6.68. The van der Waals surface area contributed by atoms with E-state index in [1.807, 2.05) is 4.90 Å². The van der Waals surface area contributed by atoms with E-state index in [9.17, 15) is 9.18 Å². The maximum Gasteiger partial charge on any atom is 0.233 e. The molecule has 0 bridgehead atoms. The third kappa shape index (κ3) is 4.85. The summed E-state index contributed by atoms with van der Waals surface area (Å²) >= 11 is 8.92. The van der Waals surface area contributed by atoms with E-state index in [-0.39, 0.29) is 11.7 Å². The Labute approximate surface area is 164 Å². The SMILES string of the molecule is CNc1nnc(SCC(=O)N2CCN(Cc3c(F)cccc3Cl)CC2)s1. The summed E-state index contributed by atoms with van der Waals surface area (Å²) in [7, 11) is 1.79. The number of nitrogens with zero attached hydrogens (tertiary/aromatic N) is 4. The van der Waals surface area contributed by atoms with Gasteiger partial charge in [0.2, 0.25) is 11.0 Å². The van der Waals surface area contributed by atoms with Crippen molar-refractivity contribution in [2.24, 2.45) is 0 Å². The molecular weight excluding hydrogens is 397 g/mol. The van der Waals surface area contributed by atoms with Crippen molar-refractivity contribution in [2.45, 2.75) is 10.9 Å². The van der Waals surface area contributed by atoms with Gasteiger partial charge in [0.25, 0.3) is 0 Å². The summed E-state index contributed by atoms with van der Waals surface area (Å²) in [6.07, 6.45) is 0. The number of anilines is 1. The molecule has 26 heavy (non-hydrogen) atoms. The molecule has 140 valence electrons. The number of nitrogens with one attached hydrogen (secondary N) is 1. The van der Waals surface area contributed by atoms with Gasteiger partial charge < -0.3 is 10.2 Å². The van der Waals surface area contributed by atoms with Gasteiger partial charge in [0.15, 0.2) is 4.34 Å². The lowest BCUT2D eigenvalue weighted by Crippen LogP contribution is -2.48. The minimum absolute atomic E-state index is 0.0831. The molecule has 0 spiro atoms. The number of carbonyl (C=O) groups is 1. The highest BCUT2D eigenvalue weighted by atomic mass is 35.5. The minimum atomic E-state index is -0.287. The zero-order valence-electron chi connectivity index (χ0n) is 14.2. The second-order valence-electron chi connectivity index (χ2n) is 5.77. The monoisotopic (exact) mass is 415 g/mol. The van der Waals surface area contributed by atoms with Crippen molar-refractivity contribution in [3.8, 4) is 0 Å². The van der Waals surface area contributed by atoms with Crippen molar-refractivity contribution in [3.63, 3.8) is 0 Å². The number of hydrogen-bond donors (Lipinski definition) is 1. The number of carbonyl (C=O) groups excluding carboxylic acids is 1. The normalized spacial score (nSPS) is 15.3. The number of aromatic nitrogens is 2. The first-order valence-electron chi connectivity index (χ1n) is 8.14. The lowest BCUT2D eigenvalue weighted by Gasteiger charge is -2.34. The van der Waals surface area contributed by atoms with E-state index in [4.69, 9.17) is 11.6 Å². The van der Waals surface area contributed by atoms with Gasteiger partial charge in [0, 0.05) is 50.4 Å². The summed E-state index contributed by atoms with van der Waals surface area (Å²) in [5, 5.41) is 12.1. The number of amides is 1. The fraction of sp³-hybridized carbons (Fsp3) is 0.438. The molecule has 6 nitrogen and oxygen atoms in total. The first-order chi connectivity index (χ1) is 12.6. The fourth-order valence-electron chi connectivity index (χ4n) is 2.65. The molecule has 10 heteroatoms. The van der Waals surface area contributed by atoms with Crippen LogP contribution in [0.3, 0.4) is 0 Å². The van der Waals surface area contributed by atoms with Crippen LogP contribution in [0.15, 0.2) is 22.5 Å². The molecule has 1 amide bonds. The van der Waals surface area contributed by atoms with Crippen LogP contribution in [0.2, 0.25) is 5.02 Å². The van der Waals surface area contributed by atoms with Crippen LogP contribution in [-0.4, -0.2) is 64.9 Å². The molecule has 1 aromatic carbocycles. The largest absolute Gasteiger partial charge is 0.363 e. The molecule has 1 aliphatic rings. The third-order valence-electron chi connectivity index (χ3n) is 4.11. The van der Waals surface area contributed by atoms with Gasteiger partial charge in [-0.15, -0.1) is 10.2 Å². The maximum absolute atomic E-state index is 13.9. The molecule has 0 unspecified atom stereocenters. The average molecular weight is 416 g/mol. The number of hydrogen-bond acceptors (Lipinski definition) is 7. The van der Waals surface area contributed by atoms with E-state index >= 15 is 0 Å². The van der Waals surface area contributed by atoms with Gasteiger partial charge in [0.1, 0.15) is 5.82 Å². The topological polar surface area (TPSA) is 61.4 Å². The molecular formula is C16H19ClFN5OS2. The fourth-order valence-corrected chi connectivity index (χ4v) is 4.48. The van der Waals surface area contributed by atoms with Crippen molar-refractivity contribution in [2.75, 3.05) is 44.3 Å². The highest BCUT2D eigenvalue weighted by molar-refractivity contribution is 8.01. The molecule has 1 aliphatic heterocycles. The number of rotatable bonds is 6. The molecule has 1 saturated heterocycles. The predicted molar refractivity (Wildman–Crippen MR) is 103 cm³/mol. The average Bonchev–Trinajstić information content (AvgIpc) is 3.11. The number of piperazine rings is 1. The molecule has 1 fully saturated rings. The van der Waals surface area contributed by atoms with Gasteiger partial charge >= 0.3 is 0 Å². The molecule has 0 aliphatic carbocycles. The van der Waals surface area contributed by atoms with Crippen LogP contribution in [0, 0.1) is 5.82 Å². The van der Waals surface area contributed by atoms with Crippen LogP contribution < -0.4 is 5.32 Å². The Morgan fingerprint density at radius 1 is 1.35 bits per heavy atom. The first-order valence-corrected chi connectivity index (χ1v) is 10.3. The van der Waals surface area contributed by atoms with Crippen LogP contribution in [0.4, 0.5) is 9.52 Å². The standard InChI is InChI=1S/C16H19ClFN5OS2/c1-19-15-20-21-16(26-15)25-10-14(24)23-7-5-22(6-8-23)9-11-12(17)3-2-4-13(11)18/h2-4H,5-10H2,1H3,(H,19,20). The predicted octanol–water partition coefficient (Wildman–Crippen LogP) is 2.81. The molecule has 0 atom stereocenters. The molecule has 2 heterocycles. The number of benzene rings is 1. The van der Waals surface area contributed by atoms with Crippen molar-refractivity contribution in [1.29, 1.82) is 0 Å². The first kappa shape index (κ1) is 19.3. The van der Waals surface area contributed by atoms with Gasteiger partial charge in [-0.2, -0.15) is 0 Å². The van der Waals surface area contributed by atoms with Crippen molar-refractivity contribution in [3.05, 3.63) is 34.6 Å². The van der Waals surface area contributed by atoms with E-state index in [0.717, 1.165) is 9.47 Å². The lowest BCUT2D eigenvalue weighted by molar-refractivity contribution is -0.130. The highest BCUT2D eigenvalue weighted by Crippen LogP contribution is 2.25. The number of thioether (sulfide) groups is 1. The summed E-state index contributed by atoms with van der Waals surface area (Å²) < 4.78 is 14.7. The summed E-state index contributed by atoms with van der Waals surface area (Å²) in [4.78, 5) is 16.3. The van der Waals surface area contributed by atoms with E-state index in [1.54, 1.807) is 19.2 Å². The zero-order chi connectivity index (χ0) is 18.5. The Balaban J connectivity index is 1.46. The molecule has 2 aromatic rings. The molecule has 1 N–H and O–H groups in total. The van der Waals surface area contributed by atoms with E-state index < -0.39 is 0 Å². The second kappa shape index (κ2) is 8.98. The Morgan fingerprint density at radius 3 is 2.77 bits per heavy atom. The summed E-state index contributed by atoms with van der Waals surface area (Å²) in [5.41, 5.74) is 0.515. The number of halogens is 2. The van der Waals surface area contributed by atoms with Gasteiger partial charge in [-0.25, -0.2) is 4.39 Å². The summed E-state index contributed by atoms with van der Waals surface area (Å²) in [6, 6.07) is 4.72. The van der Waals surface area contributed by atoms with Crippen LogP contribution in [0.5, 0.6) is 0 Å². The van der Waals surface area contributed by atoms with Crippen LogP contribution in [0.1, 0.15) is 5.56 Å². The van der Waals surface area contributed by atoms with Crippen LogP contribution in [-0.2, 0) is 11.3 Å². The van der Waals surface area contributed by atoms with Crippen LogP contribution >= 0.6 is 34.7 Å². The molecule has 3 rings (SSSR count). The zero-order valence-corrected chi connectivity index (χ0v) is 16.6. The molecule has 0 saturated carbocycles. The smallest absolute Gasteiger partial charge is 0.233 e. The van der Waals surface area contributed by atoms with Crippen molar-refractivity contribution in [1.82, 2.24) is 20.0 Å². The third-order valence-corrected chi connectivity index (χ3v) is 6.52. The highest BCUT2D eigenvalue weighted by Gasteiger charge is 2.22. The van der Waals surface area contributed by atoms with Gasteiger partial charge in [-0.05, 0) is 12.1 Å². The molecule has 0 radical (unpaired) electrons. The summed E-state index contributed by atoms with van der Waals surface area (Å²) in [5.74, 6) is 0.141. The lowest BCUT2D eigenvalue weighted by atomic mass is 10.2. The van der Waals surface area contributed by atoms with Crippen molar-refractivity contribution < 1.29 is 9.18 Å². The van der Waals surface area contributed by atoms with Gasteiger partial charge in [-0.1, -0.05) is 40.8 Å². The Bertz CT molecular complexity index is 747. The second-order valence-corrected chi connectivity index (χ2v) is 8.38. The maximum atomic E-state index is 13.9. The summed E-state index contributed by atoms with van der Waals surface area (Å²) in [6.45, 7) is 3.11. The minimum Gasteiger partial charge on any atom is -0.363 e. The van der Waals surface area contributed by atoms with Crippen LogP contribution in [0.25, 0.3) is 0 Å². The van der Waals surface area contributed by atoms with E-state index in [0.29, 0.717) is 49.1 Å². The van der Waals surface area contributed by atoms with Crippen molar-refractivity contribution >= 4 is 45.7 Å². The Hall–Kier alpha value is -1.42. The Morgan fingerprint density at radius 2 is 2.12 bits per heavy atom.